The SMILES string of the molecule is O=C(CN1CCNCC1c1cccc(Cl)c1)N1CCc2ccccc2C1. The fourth-order valence-corrected chi connectivity index (χ4v) is 4.16. The van der Waals surface area contributed by atoms with Crippen LogP contribution >= 0.6 is 11.6 Å². The Labute approximate surface area is 159 Å². The monoisotopic (exact) mass is 369 g/mol. The maximum atomic E-state index is 13.0. The van der Waals surface area contributed by atoms with Crippen molar-refractivity contribution in [2.75, 3.05) is 32.7 Å². The molecule has 0 spiro atoms. The normalized spacial score (nSPS) is 20.7. The van der Waals surface area contributed by atoms with Crippen molar-refractivity contribution < 1.29 is 4.79 Å². The summed E-state index contributed by atoms with van der Waals surface area (Å²) in [5, 5.41) is 4.18. The molecule has 136 valence electrons. The highest BCUT2D eigenvalue weighted by Crippen LogP contribution is 2.25. The lowest BCUT2D eigenvalue weighted by molar-refractivity contribution is -0.134. The molecule has 4 rings (SSSR count). The Bertz CT molecular complexity index is 794. The molecule has 5 heteroatoms. The van der Waals surface area contributed by atoms with Crippen LogP contribution in [0.2, 0.25) is 5.02 Å². The van der Waals surface area contributed by atoms with E-state index in [1.54, 1.807) is 0 Å². The van der Waals surface area contributed by atoms with Gasteiger partial charge >= 0.3 is 0 Å². The first kappa shape index (κ1) is 17.5. The molecule has 2 aliphatic rings. The highest BCUT2D eigenvalue weighted by molar-refractivity contribution is 6.30. The quantitative estimate of drug-likeness (QED) is 0.903. The van der Waals surface area contributed by atoms with Crippen LogP contribution in [0.3, 0.4) is 0 Å². The lowest BCUT2D eigenvalue weighted by atomic mass is 9.99. The highest BCUT2D eigenvalue weighted by Gasteiger charge is 2.28. The first-order valence-electron chi connectivity index (χ1n) is 9.25. The van der Waals surface area contributed by atoms with Crippen molar-refractivity contribution in [1.82, 2.24) is 15.1 Å². The summed E-state index contributed by atoms with van der Waals surface area (Å²) in [5.74, 6) is 0.216. The summed E-state index contributed by atoms with van der Waals surface area (Å²) in [6.45, 7) is 4.62. The number of nitrogens with zero attached hydrogens (tertiary/aromatic N) is 2. The summed E-state index contributed by atoms with van der Waals surface area (Å²) in [5.41, 5.74) is 3.82. The van der Waals surface area contributed by atoms with Gasteiger partial charge in [-0.15, -0.1) is 0 Å². The molecule has 1 fully saturated rings. The van der Waals surface area contributed by atoms with Gasteiger partial charge < -0.3 is 10.2 Å². The van der Waals surface area contributed by atoms with E-state index in [1.165, 1.54) is 16.7 Å². The van der Waals surface area contributed by atoms with Crippen molar-refractivity contribution in [3.8, 4) is 0 Å². The number of halogens is 1. The van der Waals surface area contributed by atoms with Crippen LogP contribution in [0.5, 0.6) is 0 Å². The molecular formula is C21H24ClN3O. The fourth-order valence-electron chi connectivity index (χ4n) is 3.96. The number of nitrogens with one attached hydrogen (secondary N) is 1. The van der Waals surface area contributed by atoms with E-state index in [2.05, 4.69) is 40.5 Å². The summed E-state index contributed by atoms with van der Waals surface area (Å²) in [7, 11) is 0. The highest BCUT2D eigenvalue weighted by atomic mass is 35.5. The zero-order valence-corrected chi connectivity index (χ0v) is 15.6. The van der Waals surface area contributed by atoms with Gasteiger partial charge in [-0.3, -0.25) is 9.69 Å². The van der Waals surface area contributed by atoms with Crippen molar-refractivity contribution >= 4 is 17.5 Å². The summed E-state index contributed by atoms with van der Waals surface area (Å²) < 4.78 is 0. The van der Waals surface area contributed by atoms with Crippen LogP contribution in [-0.2, 0) is 17.8 Å². The Morgan fingerprint density at radius 1 is 1.12 bits per heavy atom. The molecule has 2 aromatic rings. The second-order valence-electron chi connectivity index (χ2n) is 7.08. The van der Waals surface area contributed by atoms with Crippen LogP contribution in [0.4, 0.5) is 0 Å². The molecule has 26 heavy (non-hydrogen) atoms. The molecule has 0 aliphatic carbocycles. The number of carbonyl (C=O) groups excluding carboxylic acids is 1. The Morgan fingerprint density at radius 3 is 2.81 bits per heavy atom. The minimum absolute atomic E-state index is 0.184. The third-order valence-electron chi connectivity index (χ3n) is 5.41. The molecule has 1 amide bonds. The molecule has 0 aromatic heterocycles. The van der Waals surface area contributed by atoms with E-state index >= 15 is 0 Å². The van der Waals surface area contributed by atoms with Gasteiger partial charge in [0.2, 0.25) is 5.91 Å². The molecule has 1 atom stereocenters. The van der Waals surface area contributed by atoms with Crippen LogP contribution < -0.4 is 5.32 Å². The third-order valence-corrected chi connectivity index (χ3v) is 5.64. The predicted octanol–water partition coefficient (Wildman–Crippen LogP) is 2.87. The van der Waals surface area contributed by atoms with Gasteiger partial charge in [-0.1, -0.05) is 48.0 Å². The third kappa shape index (κ3) is 3.78. The average Bonchev–Trinajstić information content (AvgIpc) is 2.68. The van der Waals surface area contributed by atoms with E-state index in [1.807, 2.05) is 23.1 Å². The maximum Gasteiger partial charge on any atom is 0.237 e. The lowest BCUT2D eigenvalue weighted by Crippen LogP contribution is -2.50. The number of hydrogen-bond acceptors (Lipinski definition) is 3. The Hall–Kier alpha value is -1.88. The molecule has 0 radical (unpaired) electrons. The van der Waals surface area contributed by atoms with E-state index in [4.69, 9.17) is 11.6 Å². The number of amides is 1. The topological polar surface area (TPSA) is 35.6 Å². The summed E-state index contributed by atoms with van der Waals surface area (Å²) in [4.78, 5) is 17.2. The van der Waals surface area contributed by atoms with Crippen LogP contribution in [0, 0.1) is 0 Å². The second-order valence-corrected chi connectivity index (χ2v) is 7.52. The summed E-state index contributed by atoms with van der Waals surface area (Å²) >= 11 is 6.17. The number of rotatable bonds is 3. The molecule has 1 unspecified atom stereocenters. The van der Waals surface area contributed by atoms with Gasteiger partial charge in [0.1, 0.15) is 0 Å². The second kappa shape index (κ2) is 7.78. The van der Waals surface area contributed by atoms with E-state index in [0.29, 0.717) is 6.54 Å². The summed E-state index contributed by atoms with van der Waals surface area (Å²) in [6, 6.07) is 16.6. The minimum atomic E-state index is 0.184. The zero-order valence-electron chi connectivity index (χ0n) is 14.8. The zero-order chi connectivity index (χ0) is 17.9. The van der Waals surface area contributed by atoms with Crippen LogP contribution in [0.1, 0.15) is 22.7 Å². The van der Waals surface area contributed by atoms with Crippen LogP contribution in [0.15, 0.2) is 48.5 Å². The van der Waals surface area contributed by atoms with Crippen LogP contribution in [0.25, 0.3) is 0 Å². The van der Waals surface area contributed by atoms with Gasteiger partial charge in [0.15, 0.2) is 0 Å². The number of hydrogen-bond donors (Lipinski definition) is 1. The van der Waals surface area contributed by atoms with Crippen molar-refractivity contribution in [3.63, 3.8) is 0 Å². The molecule has 2 aromatic carbocycles. The lowest BCUT2D eigenvalue weighted by Gasteiger charge is -2.38. The van der Waals surface area contributed by atoms with Gasteiger partial charge in [0, 0.05) is 43.8 Å². The van der Waals surface area contributed by atoms with E-state index in [9.17, 15) is 4.79 Å². The van der Waals surface area contributed by atoms with Crippen molar-refractivity contribution in [1.29, 1.82) is 0 Å². The van der Waals surface area contributed by atoms with E-state index in [-0.39, 0.29) is 11.9 Å². The fraction of sp³-hybridized carbons (Fsp3) is 0.381. The number of fused-ring (bicyclic) bond motifs is 1. The molecule has 1 N–H and O–H groups in total. The van der Waals surface area contributed by atoms with Crippen LogP contribution in [-0.4, -0.2) is 48.4 Å². The molecule has 0 saturated carbocycles. The standard InChI is InChI=1S/C21H24ClN3O/c22-19-7-3-6-17(12-19)20-13-23-9-11-24(20)15-21(26)25-10-8-16-4-1-2-5-18(16)14-25/h1-7,12,20,23H,8-11,13-15H2. The summed E-state index contributed by atoms with van der Waals surface area (Å²) in [6.07, 6.45) is 0.946. The smallest absolute Gasteiger partial charge is 0.237 e. The number of carbonyl (C=O) groups is 1. The minimum Gasteiger partial charge on any atom is -0.337 e. The largest absolute Gasteiger partial charge is 0.337 e. The average molecular weight is 370 g/mol. The maximum absolute atomic E-state index is 13.0. The molecule has 0 bridgehead atoms. The van der Waals surface area contributed by atoms with Crippen molar-refractivity contribution in [3.05, 3.63) is 70.2 Å². The number of benzene rings is 2. The predicted molar refractivity (Wildman–Crippen MR) is 104 cm³/mol. The van der Waals surface area contributed by atoms with E-state index < -0.39 is 0 Å². The van der Waals surface area contributed by atoms with Gasteiger partial charge in [0.05, 0.1) is 6.54 Å². The Kier molecular flexibility index (Phi) is 5.25. The number of piperazine rings is 1. The van der Waals surface area contributed by atoms with Gasteiger partial charge in [0.25, 0.3) is 0 Å². The molecule has 4 nitrogen and oxygen atoms in total. The van der Waals surface area contributed by atoms with Gasteiger partial charge in [-0.25, -0.2) is 0 Å². The first-order chi connectivity index (χ1) is 12.7. The Morgan fingerprint density at radius 2 is 1.96 bits per heavy atom. The first-order valence-corrected chi connectivity index (χ1v) is 9.63. The van der Waals surface area contributed by atoms with Crippen molar-refractivity contribution in [2.45, 2.75) is 19.0 Å². The van der Waals surface area contributed by atoms with Gasteiger partial charge in [-0.2, -0.15) is 0 Å². The van der Waals surface area contributed by atoms with Gasteiger partial charge in [-0.05, 0) is 35.2 Å². The van der Waals surface area contributed by atoms with E-state index in [0.717, 1.165) is 44.2 Å². The molecular weight excluding hydrogens is 346 g/mol. The molecule has 2 aliphatic heterocycles. The molecule has 1 saturated heterocycles. The molecule has 2 heterocycles. The van der Waals surface area contributed by atoms with Crippen molar-refractivity contribution in [2.24, 2.45) is 0 Å². The Balaban J connectivity index is 1.46.